The lowest BCUT2D eigenvalue weighted by Gasteiger charge is -2.47. The zero-order valence-electron chi connectivity index (χ0n) is 7.09. The minimum atomic E-state index is 0.00287. The van der Waals surface area contributed by atoms with Gasteiger partial charge in [0.25, 0.3) is 0 Å². The molecule has 0 aromatic rings. The Balaban J connectivity index is 1.96. The maximum absolute atomic E-state index is 11.6. The highest BCUT2D eigenvalue weighted by Gasteiger charge is 2.62. The molecular formula is C11H10O2. The van der Waals surface area contributed by atoms with Gasteiger partial charge >= 0.3 is 5.97 Å². The topological polar surface area (TPSA) is 26.3 Å². The number of carbonyl (C=O) groups excluding carboxylic acids is 1. The molecule has 2 heteroatoms. The van der Waals surface area contributed by atoms with Gasteiger partial charge in [0.15, 0.2) is 0 Å². The van der Waals surface area contributed by atoms with Gasteiger partial charge in [-0.25, -0.2) is 0 Å². The summed E-state index contributed by atoms with van der Waals surface area (Å²) in [7, 11) is 0. The van der Waals surface area contributed by atoms with Crippen molar-refractivity contribution in [1.82, 2.24) is 0 Å². The summed E-state index contributed by atoms with van der Waals surface area (Å²) in [5.41, 5.74) is 0. The normalized spacial score (nSPS) is 58.9. The first-order valence-corrected chi connectivity index (χ1v) is 4.93. The summed E-state index contributed by atoms with van der Waals surface area (Å²) >= 11 is 0. The van der Waals surface area contributed by atoms with Gasteiger partial charge in [-0.3, -0.25) is 4.79 Å². The Morgan fingerprint density at radius 2 is 1.69 bits per heavy atom. The van der Waals surface area contributed by atoms with E-state index in [4.69, 9.17) is 4.74 Å². The van der Waals surface area contributed by atoms with Gasteiger partial charge in [0, 0.05) is 11.8 Å². The van der Waals surface area contributed by atoms with Crippen molar-refractivity contribution in [3.8, 4) is 0 Å². The Morgan fingerprint density at radius 1 is 1.00 bits per heavy atom. The molecule has 1 saturated carbocycles. The molecule has 3 aliphatic heterocycles. The molecule has 6 aliphatic rings. The molecule has 0 aromatic heterocycles. The number of allylic oxidation sites excluding steroid dienone is 1. The SMILES string of the molecule is O=C1O[C@@H]2[C@H]3C=C[C@@H]4[C@@H]3[C@@H]2C=C[C@H]14. The van der Waals surface area contributed by atoms with Crippen molar-refractivity contribution in [2.75, 3.05) is 0 Å². The molecule has 0 spiro atoms. The lowest BCUT2D eigenvalue weighted by atomic mass is 9.57. The molecule has 0 unspecified atom stereocenters. The molecule has 0 radical (unpaired) electrons. The van der Waals surface area contributed by atoms with Gasteiger partial charge in [0.1, 0.15) is 6.10 Å². The first-order chi connectivity index (χ1) is 6.36. The Kier molecular flexibility index (Phi) is 0.859. The number of rotatable bonds is 0. The summed E-state index contributed by atoms with van der Waals surface area (Å²) < 4.78 is 5.45. The molecule has 2 saturated heterocycles. The van der Waals surface area contributed by atoms with Gasteiger partial charge in [0.2, 0.25) is 0 Å². The van der Waals surface area contributed by atoms with Crippen LogP contribution in [-0.2, 0) is 9.53 Å². The molecule has 3 fully saturated rings. The van der Waals surface area contributed by atoms with Crippen molar-refractivity contribution >= 4 is 5.97 Å². The largest absolute Gasteiger partial charge is 0.461 e. The van der Waals surface area contributed by atoms with E-state index >= 15 is 0 Å². The predicted octanol–water partition coefficient (Wildman–Crippen LogP) is 1.15. The average molecular weight is 174 g/mol. The second-order valence-corrected chi connectivity index (χ2v) is 4.51. The van der Waals surface area contributed by atoms with Crippen molar-refractivity contribution in [1.29, 1.82) is 0 Å². The maximum Gasteiger partial charge on any atom is 0.313 e. The molecule has 0 aromatic carbocycles. The molecule has 6 atom stereocenters. The van der Waals surface area contributed by atoms with Crippen LogP contribution >= 0.6 is 0 Å². The third-order valence-electron chi connectivity index (χ3n) is 4.13. The molecule has 13 heavy (non-hydrogen) atoms. The van der Waals surface area contributed by atoms with Crippen molar-refractivity contribution in [2.24, 2.45) is 29.6 Å². The van der Waals surface area contributed by atoms with Gasteiger partial charge in [-0.05, 0) is 11.8 Å². The van der Waals surface area contributed by atoms with Crippen molar-refractivity contribution < 1.29 is 9.53 Å². The van der Waals surface area contributed by atoms with Crippen LogP contribution in [0.15, 0.2) is 24.3 Å². The monoisotopic (exact) mass is 174 g/mol. The Labute approximate surface area is 76.3 Å². The minimum absolute atomic E-state index is 0.00287. The second kappa shape index (κ2) is 1.74. The number of carbonyl (C=O) groups is 1. The molecule has 0 amide bonds. The summed E-state index contributed by atoms with van der Waals surface area (Å²) in [6, 6.07) is 0. The summed E-state index contributed by atoms with van der Waals surface area (Å²) in [4.78, 5) is 11.6. The molecule has 3 heterocycles. The molecule has 6 rings (SSSR count). The van der Waals surface area contributed by atoms with E-state index in [2.05, 4.69) is 24.3 Å². The van der Waals surface area contributed by atoms with E-state index in [1.165, 1.54) is 0 Å². The highest BCUT2D eigenvalue weighted by atomic mass is 16.5. The summed E-state index contributed by atoms with van der Waals surface area (Å²) in [5.74, 6) is 2.22. The van der Waals surface area contributed by atoms with Crippen LogP contribution in [0, 0.1) is 29.6 Å². The first-order valence-electron chi connectivity index (χ1n) is 4.93. The number of esters is 1. The van der Waals surface area contributed by atoms with Crippen LogP contribution in [0.1, 0.15) is 0 Å². The van der Waals surface area contributed by atoms with E-state index in [1.807, 2.05) is 0 Å². The third kappa shape index (κ3) is 0.523. The van der Waals surface area contributed by atoms with Crippen molar-refractivity contribution in [3.05, 3.63) is 24.3 Å². The van der Waals surface area contributed by atoms with E-state index in [9.17, 15) is 4.79 Å². The molecule has 6 bridgehead atoms. The van der Waals surface area contributed by atoms with Gasteiger partial charge in [-0.1, -0.05) is 24.3 Å². The Bertz CT molecular complexity index is 355. The van der Waals surface area contributed by atoms with E-state index in [0.717, 1.165) is 0 Å². The summed E-state index contributed by atoms with van der Waals surface area (Å²) in [6.07, 6.45) is 8.91. The van der Waals surface area contributed by atoms with Crippen LogP contribution < -0.4 is 0 Å². The fourth-order valence-corrected chi connectivity index (χ4v) is 3.52. The number of hydrogen-bond donors (Lipinski definition) is 0. The van der Waals surface area contributed by atoms with Crippen molar-refractivity contribution in [2.45, 2.75) is 6.10 Å². The van der Waals surface area contributed by atoms with Crippen LogP contribution in [0.25, 0.3) is 0 Å². The quantitative estimate of drug-likeness (QED) is 0.406. The first kappa shape index (κ1) is 6.41. The van der Waals surface area contributed by atoms with E-state index in [1.54, 1.807) is 0 Å². The van der Waals surface area contributed by atoms with Crippen LogP contribution in [0.5, 0.6) is 0 Å². The standard InChI is InChI=1S/C11H10O2/c12-11-6-2-4-8-9-5(6)1-3-7(9)10(8)13-11/h1-10H/t5-,6-,7-,8-,9-,10+/m0/s1. The molecule has 2 nitrogen and oxygen atoms in total. The fourth-order valence-electron chi connectivity index (χ4n) is 3.52. The van der Waals surface area contributed by atoms with Crippen molar-refractivity contribution in [3.63, 3.8) is 0 Å². The van der Waals surface area contributed by atoms with Gasteiger partial charge in [-0.2, -0.15) is 0 Å². The highest BCUT2D eigenvalue weighted by Crippen LogP contribution is 2.59. The zero-order valence-corrected chi connectivity index (χ0v) is 7.09. The second-order valence-electron chi connectivity index (χ2n) is 4.51. The van der Waals surface area contributed by atoms with E-state index in [0.29, 0.717) is 23.7 Å². The van der Waals surface area contributed by atoms with Gasteiger partial charge < -0.3 is 4.74 Å². The van der Waals surface area contributed by atoms with Crippen LogP contribution in [0.4, 0.5) is 0 Å². The van der Waals surface area contributed by atoms with Gasteiger partial charge in [0.05, 0.1) is 5.92 Å². The van der Waals surface area contributed by atoms with Crippen LogP contribution in [-0.4, -0.2) is 12.1 Å². The zero-order chi connectivity index (χ0) is 8.58. The molecular weight excluding hydrogens is 164 g/mol. The molecule has 0 N–H and O–H groups in total. The smallest absolute Gasteiger partial charge is 0.313 e. The lowest BCUT2D eigenvalue weighted by molar-refractivity contribution is -0.159. The van der Waals surface area contributed by atoms with E-state index in [-0.39, 0.29) is 18.0 Å². The number of ether oxygens (including phenoxy) is 1. The Morgan fingerprint density at radius 3 is 2.54 bits per heavy atom. The Hall–Kier alpha value is -1.05. The summed E-state index contributed by atoms with van der Waals surface area (Å²) in [6.45, 7) is 0. The molecule has 3 aliphatic carbocycles. The van der Waals surface area contributed by atoms with E-state index < -0.39 is 0 Å². The predicted molar refractivity (Wildman–Crippen MR) is 45.6 cm³/mol. The molecule has 66 valence electrons. The average Bonchev–Trinajstić information content (AvgIpc) is 2.38. The number of hydrogen-bond acceptors (Lipinski definition) is 2. The minimum Gasteiger partial charge on any atom is -0.461 e. The third-order valence-corrected chi connectivity index (χ3v) is 4.13. The fraction of sp³-hybridized carbons (Fsp3) is 0.545. The maximum atomic E-state index is 11.6. The lowest BCUT2D eigenvalue weighted by Crippen LogP contribution is -2.50. The highest BCUT2D eigenvalue weighted by molar-refractivity contribution is 5.77. The summed E-state index contributed by atoms with van der Waals surface area (Å²) in [5, 5.41) is 0. The van der Waals surface area contributed by atoms with Crippen LogP contribution in [0.2, 0.25) is 0 Å². The van der Waals surface area contributed by atoms with Gasteiger partial charge in [-0.15, -0.1) is 0 Å². The van der Waals surface area contributed by atoms with Crippen LogP contribution in [0.3, 0.4) is 0 Å².